The van der Waals surface area contributed by atoms with Gasteiger partial charge >= 0.3 is 5.97 Å². The van der Waals surface area contributed by atoms with Gasteiger partial charge in [0.15, 0.2) is 0 Å². The Kier molecular flexibility index (Phi) is 5.01. The zero-order valence-electron chi connectivity index (χ0n) is 12.5. The molecule has 0 amide bonds. The van der Waals surface area contributed by atoms with E-state index >= 15 is 0 Å². The first kappa shape index (κ1) is 15.3. The molecular weight excluding hydrogens is 224 g/mol. The molecule has 3 unspecified atom stereocenters. The lowest BCUT2D eigenvalue weighted by Crippen LogP contribution is -2.33. The van der Waals surface area contributed by atoms with Crippen LogP contribution in [0.5, 0.6) is 0 Å². The van der Waals surface area contributed by atoms with Gasteiger partial charge in [-0.05, 0) is 49.4 Å². The maximum absolute atomic E-state index is 10.9. The summed E-state index contributed by atoms with van der Waals surface area (Å²) in [5.41, 5.74) is 0.876. The van der Waals surface area contributed by atoms with Gasteiger partial charge in [-0.15, -0.1) is 0 Å². The molecule has 2 heteroatoms. The van der Waals surface area contributed by atoms with Crippen molar-refractivity contribution in [2.75, 3.05) is 0 Å². The van der Waals surface area contributed by atoms with E-state index in [-0.39, 0.29) is 0 Å². The standard InChI is InChI=1S/C16H28O2/c1-6-13-10-12(9-11(2)15(17)18)7-8-14(13)16(3,4)5/h9,12-14H,6-8,10H2,1-5H3,(H,17,18)/b11-9+. The number of aliphatic carboxylic acids is 1. The largest absolute Gasteiger partial charge is 0.478 e. The maximum Gasteiger partial charge on any atom is 0.330 e. The molecule has 1 N–H and O–H groups in total. The highest BCUT2D eigenvalue weighted by molar-refractivity contribution is 5.85. The quantitative estimate of drug-likeness (QED) is 0.751. The molecule has 0 aromatic carbocycles. The van der Waals surface area contributed by atoms with Crippen molar-refractivity contribution in [1.29, 1.82) is 0 Å². The van der Waals surface area contributed by atoms with E-state index in [1.807, 2.05) is 6.08 Å². The molecule has 0 aromatic rings. The molecule has 3 atom stereocenters. The van der Waals surface area contributed by atoms with Gasteiger partial charge in [0.1, 0.15) is 0 Å². The third-order valence-corrected chi connectivity index (χ3v) is 4.48. The first-order valence-electron chi connectivity index (χ1n) is 7.17. The van der Waals surface area contributed by atoms with Crippen LogP contribution in [0.4, 0.5) is 0 Å². The topological polar surface area (TPSA) is 37.3 Å². The predicted molar refractivity (Wildman–Crippen MR) is 75.5 cm³/mol. The van der Waals surface area contributed by atoms with Crippen LogP contribution in [0.1, 0.15) is 60.3 Å². The number of carboxylic acids is 1. The third-order valence-electron chi connectivity index (χ3n) is 4.48. The number of hydrogen-bond acceptors (Lipinski definition) is 1. The molecule has 0 bridgehead atoms. The normalized spacial score (nSPS) is 30.3. The number of carboxylic acid groups (broad SMARTS) is 1. The van der Waals surface area contributed by atoms with Gasteiger partial charge < -0.3 is 5.11 Å². The van der Waals surface area contributed by atoms with Crippen molar-refractivity contribution in [3.05, 3.63) is 11.6 Å². The average Bonchev–Trinajstić information content (AvgIpc) is 2.27. The summed E-state index contributed by atoms with van der Waals surface area (Å²) in [6.45, 7) is 11.0. The lowest BCUT2D eigenvalue weighted by atomic mass is 9.63. The number of rotatable bonds is 3. The van der Waals surface area contributed by atoms with Gasteiger partial charge in [-0.25, -0.2) is 4.79 Å². The van der Waals surface area contributed by atoms with Crippen LogP contribution in [0, 0.1) is 23.2 Å². The number of allylic oxidation sites excluding steroid dienone is 1. The molecule has 0 aromatic heterocycles. The van der Waals surface area contributed by atoms with Crippen molar-refractivity contribution in [2.24, 2.45) is 23.2 Å². The Balaban J connectivity index is 2.73. The summed E-state index contributed by atoms with van der Waals surface area (Å²) < 4.78 is 0. The Hall–Kier alpha value is -0.790. The average molecular weight is 252 g/mol. The SMILES string of the molecule is CCC1CC(/C=C(\C)C(=O)O)CCC1C(C)(C)C. The van der Waals surface area contributed by atoms with Crippen LogP contribution >= 0.6 is 0 Å². The second-order valence-electron chi connectivity index (χ2n) is 6.87. The van der Waals surface area contributed by atoms with Crippen LogP contribution in [0.2, 0.25) is 0 Å². The molecule has 1 rings (SSSR count). The van der Waals surface area contributed by atoms with Crippen molar-refractivity contribution in [3.63, 3.8) is 0 Å². The lowest BCUT2D eigenvalue weighted by molar-refractivity contribution is -0.132. The van der Waals surface area contributed by atoms with E-state index < -0.39 is 5.97 Å². The van der Waals surface area contributed by atoms with Crippen molar-refractivity contribution < 1.29 is 9.90 Å². The number of hydrogen-bond donors (Lipinski definition) is 1. The fraction of sp³-hybridized carbons (Fsp3) is 0.812. The zero-order valence-corrected chi connectivity index (χ0v) is 12.5. The smallest absolute Gasteiger partial charge is 0.330 e. The van der Waals surface area contributed by atoms with Gasteiger partial charge in [0.25, 0.3) is 0 Å². The fourth-order valence-corrected chi connectivity index (χ4v) is 3.47. The maximum atomic E-state index is 10.9. The fourth-order valence-electron chi connectivity index (χ4n) is 3.47. The van der Waals surface area contributed by atoms with Crippen molar-refractivity contribution >= 4 is 5.97 Å². The van der Waals surface area contributed by atoms with E-state index in [1.54, 1.807) is 6.92 Å². The van der Waals surface area contributed by atoms with Crippen LogP contribution < -0.4 is 0 Å². The Morgan fingerprint density at radius 3 is 2.39 bits per heavy atom. The van der Waals surface area contributed by atoms with Crippen molar-refractivity contribution in [2.45, 2.75) is 60.3 Å². The van der Waals surface area contributed by atoms with Gasteiger partial charge in [0, 0.05) is 5.57 Å². The molecule has 0 heterocycles. The zero-order chi connectivity index (χ0) is 13.9. The van der Waals surface area contributed by atoms with Crippen molar-refractivity contribution in [1.82, 2.24) is 0 Å². The van der Waals surface area contributed by atoms with E-state index in [2.05, 4.69) is 27.7 Å². The van der Waals surface area contributed by atoms with Crippen molar-refractivity contribution in [3.8, 4) is 0 Å². The Bertz CT molecular complexity index is 322. The summed E-state index contributed by atoms with van der Waals surface area (Å²) in [7, 11) is 0. The molecule has 0 saturated heterocycles. The molecule has 2 nitrogen and oxygen atoms in total. The van der Waals surface area contributed by atoms with Crippen LogP contribution in [0.3, 0.4) is 0 Å². The molecule has 0 spiro atoms. The Morgan fingerprint density at radius 1 is 1.33 bits per heavy atom. The van der Waals surface area contributed by atoms with Crippen LogP contribution in [-0.2, 0) is 4.79 Å². The molecule has 18 heavy (non-hydrogen) atoms. The predicted octanol–water partition coefficient (Wildman–Crippen LogP) is 4.51. The first-order valence-corrected chi connectivity index (χ1v) is 7.17. The molecule has 0 radical (unpaired) electrons. The van der Waals surface area contributed by atoms with E-state index in [0.717, 1.165) is 24.7 Å². The minimum atomic E-state index is -0.777. The Morgan fingerprint density at radius 2 is 1.94 bits per heavy atom. The summed E-state index contributed by atoms with van der Waals surface area (Å²) in [6.07, 6.45) is 6.71. The third kappa shape index (κ3) is 3.86. The van der Waals surface area contributed by atoms with Gasteiger partial charge in [0.05, 0.1) is 0 Å². The lowest BCUT2D eigenvalue weighted by Gasteiger charge is -2.42. The number of carbonyl (C=O) groups is 1. The molecule has 1 aliphatic rings. The highest BCUT2D eigenvalue weighted by atomic mass is 16.4. The van der Waals surface area contributed by atoms with E-state index in [0.29, 0.717) is 16.9 Å². The molecular formula is C16H28O2. The summed E-state index contributed by atoms with van der Waals surface area (Å²) in [5, 5.41) is 8.95. The summed E-state index contributed by atoms with van der Waals surface area (Å²) in [6, 6.07) is 0. The summed E-state index contributed by atoms with van der Waals surface area (Å²) >= 11 is 0. The van der Waals surface area contributed by atoms with Gasteiger partial charge in [-0.3, -0.25) is 0 Å². The second kappa shape index (κ2) is 5.90. The molecule has 0 aliphatic heterocycles. The van der Waals surface area contributed by atoms with Crippen LogP contribution in [0.15, 0.2) is 11.6 Å². The van der Waals surface area contributed by atoms with E-state index in [4.69, 9.17) is 5.11 Å². The summed E-state index contributed by atoms with van der Waals surface area (Å²) in [4.78, 5) is 10.9. The van der Waals surface area contributed by atoms with E-state index in [9.17, 15) is 4.79 Å². The van der Waals surface area contributed by atoms with Gasteiger partial charge in [-0.1, -0.05) is 40.2 Å². The highest BCUT2D eigenvalue weighted by Crippen LogP contribution is 2.45. The second-order valence-corrected chi connectivity index (χ2v) is 6.87. The van der Waals surface area contributed by atoms with Crippen LogP contribution in [0.25, 0.3) is 0 Å². The van der Waals surface area contributed by atoms with Gasteiger partial charge in [0.2, 0.25) is 0 Å². The minimum Gasteiger partial charge on any atom is -0.478 e. The highest BCUT2D eigenvalue weighted by Gasteiger charge is 2.35. The van der Waals surface area contributed by atoms with Gasteiger partial charge in [-0.2, -0.15) is 0 Å². The molecule has 104 valence electrons. The summed E-state index contributed by atoms with van der Waals surface area (Å²) in [5.74, 6) is 1.20. The Labute approximate surface area is 111 Å². The molecule has 1 fully saturated rings. The molecule has 1 aliphatic carbocycles. The minimum absolute atomic E-state index is 0.372. The first-order chi connectivity index (χ1) is 8.25. The van der Waals surface area contributed by atoms with E-state index in [1.165, 1.54) is 12.8 Å². The van der Waals surface area contributed by atoms with Crippen LogP contribution in [-0.4, -0.2) is 11.1 Å². The molecule has 1 saturated carbocycles. The monoisotopic (exact) mass is 252 g/mol.